The van der Waals surface area contributed by atoms with Crippen LogP contribution in [0.4, 0.5) is 0 Å². The van der Waals surface area contributed by atoms with Crippen molar-refractivity contribution in [1.29, 1.82) is 0 Å². The minimum atomic E-state index is 0.133. The van der Waals surface area contributed by atoms with Crippen molar-refractivity contribution in [2.45, 2.75) is 32.7 Å². The Kier molecular flexibility index (Phi) is 34.0. The van der Waals surface area contributed by atoms with Crippen molar-refractivity contribution in [1.82, 2.24) is 9.97 Å². The first-order valence-corrected chi connectivity index (χ1v) is 27.7. The number of phenolic OH excluding ortho intramolecular Hbond substituents is 1. The molecule has 0 saturated heterocycles. The Labute approximate surface area is 525 Å². The molecule has 89 heavy (non-hydrogen) atoms. The van der Waals surface area contributed by atoms with Crippen molar-refractivity contribution in [2.24, 2.45) is 0 Å². The fourth-order valence-corrected chi connectivity index (χ4v) is 8.53. The van der Waals surface area contributed by atoms with E-state index in [1.807, 2.05) is 158 Å². The fourth-order valence-electron chi connectivity index (χ4n) is 8.15. The molecule has 0 amide bonds. The molecule has 0 bridgehead atoms. The van der Waals surface area contributed by atoms with Crippen LogP contribution in [0, 0.1) is 0 Å². The summed E-state index contributed by atoms with van der Waals surface area (Å²) >= 11 is 11.8. The number of benzene rings is 9. The van der Waals surface area contributed by atoms with Gasteiger partial charge < -0.3 is 19.3 Å². The summed E-state index contributed by atoms with van der Waals surface area (Å²) in [4.78, 5) is 73.2. The van der Waals surface area contributed by atoms with E-state index in [-0.39, 0.29) is 30.4 Å². The Morgan fingerprint density at radius 2 is 0.629 bits per heavy atom. The number of phenols is 1. The Bertz CT molecular complexity index is 3800. The average molecular weight is 1230 g/mol. The smallest absolute Gasteiger partial charge is 0.373 e. The van der Waals surface area contributed by atoms with Gasteiger partial charge in [0.15, 0.2) is 0 Å². The molecule has 0 aliphatic rings. The molecule has 0 atom stereocenters. The molecule has 0 aliphatic heterocycles. The van der Waals surface area contributed by atoms with E-state index in [4.69, 9.17) is 80.9 Å². The molecule has 0 fully saturated rings. The number of para-hydroxylation sites is 4. The van der Waals surface area contributed by atoms with E-state index in [9.17, 15) is 0 Å². The zero-order valence-electron chi connectivity index (χ0n) is 47.8. The summed E-state index contributed by atoms with van der Waals surface area (Å²) in [6.07, 6.45) is 9.88. The van der Waals surface area contributed by atoms with Gasteiger partial charge in [0.1, 0.15) is 42.8 Å². The molecule has 2 heterocycles. The van der Waals surface area contributed by atoms with Crippen LogP contribution in [0.1, 0.15) is 38.9 Å². The van der Waals surface area contributed by atoms with Gasteiger partial charge in [-0.2, -0.15) is 38.4 Å². The standard InChI is InChI=1S/C25H21NO.C20H17ClO.C18H15NO.C6H5ClO.4CO2/c1-3-8-20(9-4-1)18-23-12-7-13-24(22-14-16-26-17-15-22)25(23)27-19-21-10-5-2-6-11-21;21-19-13-7-12-18(14-16-8-3-1-4-9-16)20(19)22-15-17-10-5-2-6-11-17;1-2-6-15(7-3-1)14-20-18-9-5-4-8-17(18)16-10-12-19-13-11-16;7-5-3-1-2-4-6(5)8;4*2-1-3/h1-17H,18-19H2;1-13H,14-15H2;1-13H,14H2;1-4,8H;;;;. The maximum Gasteiger partial charge on any atom is 0.373 e. The van der Waals surface area contributed by atoms with E-state index in [1.54, 1.807) is 36.7 Å². The second-order valence-corrected chi connectivity index (χ2v) is 18.7. The normalized spacial score (nSPS) is 9.24. The molecule has 1 N–H and O–H groups in total. The third-order valence-electron chi connectivity index (χ3n) is 12.0. The SMILES string of the molecule is Clc1cccc(Cc2ccccc2)c1OCc1ccccc1.O=C=O.O=C=O.O=C=O.O=C=O.Oc1ccccc1Cl.c1ccc(COc2c(Cc3ccccc3)cccc2-c2ccncc2)cc1.c1ccc(COc2ccccc2-c2ccncc2)cc1. The zero-order chi connectivity index (χ0) is 63.9. The Balaban J connectivity index is 0.000000249. The molecule has 11 rings (SSSR count). The maximum atomic E-state index is 8.79. The van der Waals surface area contributed by atoms with Crippen molar-refractivity contribution in [3.8, 4) is 45.3 Å². The average Bonchev–Trinajstić information content (AvgIpc) is 2.72. The van der Waals surface area contributed by atoms with Gasteiger partial charge in [0.2, 0.25) is 0 Å². The van der Waals surface area contributed by atoms with Gasteiger partial charge in [-0.05, 0) is 93.0 Å². The summed E-state index contributed by atoms with van der Waals surface area (Å²) in [5, 5.41) is 9.84. The lowest BCUT2D eigenvalue weighted by Crippen LogP contribution is -2.01. The summed E-state index contributed by atoms with van der Waals surface area (Å²) in [6.45, 7) is 1.64. The number of pyridine rings is 2. The molecule has 11 aromatic rings. The summed E-state index contributed by atoms with van der Waals surface area (Å²) in [5.41, 5.74) is 12.7. The monoisotopic (exact) mass is 1220 g/mol. The van der Waals surface area contributed by atoms with Crippen LogP contribution in [0.25, 0.3) is 22.3 Å². The predicted molar refractivity (Wildman–Crippen MR) is 335 cm³/mol. The molecule has 2 aromatic heterocycles. The van der Waals surface area contributed by atoms with Crippen LogP contribution in [0.2, 0.25) is 10.0 Å². The van der Waals surface area contributed by atoms with Gasteiger partial charge in [-0.25, -0.2) is 0 Å². The lowest BCUT2D eigenvalue weighted by atomic mass is 9.98. The van der Waals surface area contributed by atoms with Crippen LogP contribution in [0.15, 0.2) is 286 Å². The van der Waals surface area contributed by atoms with Gasteiger partial charge in [-0.3, -0.25) is 9.97 Å². The van der Waals surface area contributed by atoms with Crippen LogP contribution >= 0.6 is 23.2 Å². The first kappa shape index (κ1) is 70.1. The Hall–Kier alpha value is -11.4. The number of aromatic nitrogens is 2. The van der Waals surface area contributed by atoms with Crippen molar-refractivity contribution in [3.63, 3.8) is 0 Å². The molecule has 0 unspecified atom stereocenters. The predicted octanol–water partition coefficient (Wildman–Crippen LogP) is 15.5. The summed E-state index contributed by atoms with van der Waals surface area (Å²) in [5.74, 6) is 2.74. The maximum absolute atomic E-state index is 8.79. The molecule has 16 heteroatoms. The first-order chi connectivity index (χ1) is 43.6. The first-order valence-electron chi connectivity index (χ1n) is 26.9. The highest BCUT2D eigenvalue weighted by atomic mass is 35.5. The lowest BCUT2D eigenvalue weighted by Gasteiger charge is -2.17. The fraction of sp³-hybridized carbons (Fsp3) is 0.0685. The number of halogens is 2. The number of nitrogens with zero attached hydrogens (tertiary/aromatic N) is 2. The Morgan fingerprint density at radius 1 is 0.315 bits per heavy atom. The van der Waals surface area contributed by atoms with Gasteiger partial charge in [0.05, 0.1) is 10.0 Å². The van der Waals surface area contributed by atoms with Gasteiger partial charge in [0.25, 0.3) is 0 Å². The van der Waals surface area contributed by atoms with E-state index < -0.39 is 0 Å². The molecule has 0 saturated carbocycles. The zero-order valence-corrected chi connectivity index (χ0v) is 49.3. The van der Waals surface area contributed by atoms with Gasteiger partial charge >= 0.3 is 24.6 Å². The minimum absolute atomic E-state index is 0.133. The van der Waals surface area contributed by atoms with Crippen molar-refractivity contribution in [3.05, 3.63) is 335 Å². The van der Waals surface area contributed by atoms with Crippen LogP contribution < -0.4 is 14.2 Å². The number of rotatable bonds is 15. The molecule has 446 valence electrons. The Morgan fingerprint density at radius 3 is 1.04 bits per heavy atom. The molecule has 0 aliphatic carbocycles. The number of aromatic hydroxyl groups is 1. The quantitative estimate of drug-likeness (QED) is 0.101. The molecular weight excluding hydrogens is 1170 g/mol. The van der Waals surface area contributed by atoms with E-state index in [0.717, 1.165) is 74.6 Å². The summed E-state index contributed by atoms with van der Waals surface area (Å²) in [7, 11) is 0. The topological polar surface area (TPSA) is 210 Å². The van der Waals surface area contributed by atoms with Crippen molar-refractivity contribution in [2.75, 3.05) is 0 Å². The van der Waals surface area contributed by atoms with Crippen molar-refractivity contribution >= 4 is 47.8 Å². The number of carbonyl (C=O) groups excluding carboxylic acids is 8. The van der Waals surface area contributed by atoms with Crippen LogP contribution in [-0.4, -0.2) is 39.7 Å². The van der Waals surface area contributed by atoms with Crippen molar-refractivity contribution < 1.29 is 57.7 Å². The molecule has 9 aromatic carbocycles. The largest absolute Gasteiger partial charge is 0.506 e. The van der Waals surface area contributed by atoms with Gasteiger partial charge in [-0.1, -0.05) is 236 Å². The summed E-state index contributed by atoms with van der Waals surface area (Å²) in [6, 6.07) is 86.5. The van der Waals surface area contributed by atoms with Crippen LogP contribution in [0.5, 0.6) is 23.0 Å². The third kappa shape index (κ3) is 27.0. The van der Waals surface area contributed by atoms with Gasteiger partial charge in [-0.15, -0.1) is 0 Å². The van der Waals surface area contributed by atoms with Gasteiger partial charge in [0, 0.05) is 54.3 Å². The van der Waals surface area contributed by atoms with E-state index in [0.29, 0.717) is 29.9 Å². The highest BCUT2D eigenvalue weighted by Gasteiger charge is 2.14. The lowest BCUT2D eigenvalue weighted by molar-refractivity contribution is -0.193. The molecular formula is C73H58Cl2N2O12. The minimum Gasteiger partial charge on any atom is -0.506 e. The molecule has 0 spiro atoms. The van der Waals surface area contributed by atoms with Crippen LogP contribution in [-0.2, 0) is 71.0 Å². The second-order valence-electron chi connectivity index (χ2n) is 17.9. The van der Waals surface area contributed by atoms with E-state index >= 15 is 0 Å². The number of hydrogen-bond donors (Lipinski definition) is 1. The molecule has 14 nitrogen and oxygen atoms in total. The summed E-state index contributed by atoms with van der Waals surface area (Å²) < 4.78 is 18.3. The highest BCUT2D eigenvalue weighted by molar-refractivity contribution is 6.32. The van der Waals surface area contributed by atoms with E-state index in [2.05, 4.69) is 101 Å². The van der Waals surface area contributed by atoms with Crippen LogP contribution in [0.3, 0.4) is 0 Å². The third-order valence-corrected chi connectivity index (χ3v) is 12.6. The number of hydrogen-bond acceptors (Lipinski definition) is 14. The van der Waals surface area contributed by atoms with E-state index in [1.165, 1.54) is 16.7 Å². The highest BCUT2D eigenvalue weighted by Crippen LogP contribution is 2.36. The number of ether oxygens (including phenoxy) is 3. The second kappa shape index (κ2) is 43.2. The molecule has 0 radical (unpaired) electrons.